The minimum absolute atomic E-state index is 0.0308. The molecule has 1 N–H and O–H groups in total. The Hall–Kier alpha value is -2.11. The van der Waals surface area contributed by atoms with Crippen molar-refractivity contribution in [3.05, 3.63) is 35.9 Å². The van der Waals surface area contributed by atoms with Crippen LogP contribution in [0.2, 0.25) is 0 Å². The lowest BCUT2D eigenvalue weighted by Gasteiger charge is -2.23. The molecule has 112 valence electrons. The van der Waals surface area contributed by atoms with Gasteiger partial charge in [-0.3, -0.25) is 14.6 Å². The third kappa shape index (κ3) is 2.99. The fourth-order valence-corrected chi connectivity index (χ4v) is 2.93. The van der Waals surface area contributed by atoms with Crippen molar-refractivity contribution in [1.29, 1.82) is 0 Å². The summed E-state index contributed by atoms with van der Waals surface area (Å²) in [5, 5.41) is 11.4. The van der Waals surface area contributed by atoms with Gasteiger partial charge in [-0.05, 0) is 31.4 Å². The predicted octanol–water partition coefficient (Wildman–Crippen LogP) is 1.86. The van der Waals surface area contributed by atoms with Gasteiger partial charge in [-0.2, -0.15) is 10.2 Å². The summed E-state index contributed by atoms with van der Waals surface area (Å²) >= 11 is 0. The molecule has 21 heavy (non-hydrogen) atoms. The third-order valence-electron chi connectivity index (χ3n) is 3.96. The van der Waals surface area contributed by atoms with E-state index >= 15 is 0 Å². The van der Waals surface area contributed by atoms with Crippen LogP contribution in [0.5, 0.6) is 0 Å². The second-order valence-electron chi connectivity index (χ2n) is 5.55. The van der Waals surface area contributed by atoms with Crippen LogP contribution >= 0.6 is 0 Å². The molecule has 2 aromatic heterocycles. The van der Waals surface area contributed by atoms with E-state index in [0.717, 1.165) is 44.5 Å². The van der Waals surface area contributed by atoms with Crippen molar-refractivity contribution >= 4 is 5.91 Å². The van der Waals surface area contributed by atoms with Crippen LogP contribution in [0.15, 0.2) is 24.5 Å². The number of nitrogens with one attached hydrogen (secondary N) is 1. The first-order valence-electron chi connectivity index (χ1n) is 7.60. The lowest BCUT2D eigenvalue weighted by atomic mass is 10.2. The highest BCUT2D eigenvalue weighted by Gasteiger charge is 2.30. The van der Waals surface area contributed by atoms with Gasteiger partial charge in [0.25, 0.3) is 5.91 Å². The average Bonchev–Trinajstić information content (AvgIpc) is 3.20. The number of nitrogens with zero attached hydrogens (tertiary/aromatic N) is 4. The SMILES string of the molecule is CCCc1cc(C(=O)N2CCC[C@H]2Cn2cccn2)n[nH]1. The topological polar surface area (TPSA) is 66.8 Å². The number of aromatic amines is 1. The molecule has 3 heterocycles. The normalized spacial score (nSPS) is 18.3. The Bertz CT molecular complexity index is 589. The van der Waals surface area contributed by atoms with Crippen LogP contribution in [0.4, 0.5) is 0 Å². The van der Waals surface area contributed by atoms with E-state index in [9.17, 15) is 4.79 Å². The molecule has 1 fully saturated rings. The Kier molecular flexibility index (Phi) is 4.03. The summed E-state index contributed by atoms with van der Waals surface area (Å²) in [7, 11) is 0. The van der Waals surface area contributed by atoms with Gasteiger partial charge in [0.05, 0.1) is 12.6 Å². The summed E-state index contributed by atoms with van der Waals surface area (Å²) in [6.45, 7) is 3.68. The van der Waals surface area contributed by atoms with E-state index in [1.807, 2.05) is 27.9 Å². The maximum Gasteiger partial charge on any atom is 0.274 e. The summed E-state index contributed by atoms with van der Waals surface area (Å²) in [4.78, 5) is 14.6. The molecule has 6 nitrogen and oxygen atoms in total. The highest BCUT2D eigenvalue weighted by molar-refractivity contribution is 5.92. The van der Waals surface area contributed by atoms with E-state index in [-0.39, 0.29) is 11.9 Å². The smallest absolute Gasteiger partial charge is 0.274 e. The summed E-state index contributed by atoms with van der Waals surface area (Å²) in [5.74, 6) is 0.0308. The molecule has 0 saturated carbocycles. The van der Waals surface area contributed by atoms with Gasteiger partial charge in [0.2, 0.25) is 0 Å². The van der Waals surface area contributed by atoms with Crippen LogP contribution in [0, 0.1) is 0 Å². The molecule has 3 rings (SSSR count). The number of hydrogen-bond donors (Lipinski definition) is 1. The molecule has 0 spiro atoms. The highest BCUT2D eigenvalue weighted by atomic mass is 16.2. The number of likely N-dealkylation sites (tertiary alicyclic amines) is 1. The van der Waals surface area contributed by atoms with Gasteiger partial charge < -0.3 is 4.90 Å². The Labute approximate surface area is 124 Å². The zero-order chi connectivity index (χ0) is 14.7. The highest BCUT2D eigenvalue weighted by Crippen LogP contribution is 2.21. The second-order valence-corrected chi connectivity index (χ2v) is 5.55. The second kappa shape index (κ2) is 6.11. The van der Waals surface area contributed by atoms with Gasteiger partial charge >= 0.3 is 0 Å². The molecule has 0 unspecified atom stereocenters. The van der Waals surface area contributed by atoms with E-state index < -0.39 is 0 Å². The first kappa shape index (κ1) is 13.9. The van der Waals surface area contributed by atoms with Crippen LogP contribution in [0.1, 0.15) is 42.4 Å². The summed E-state index contributed by atoms with van der Waals surface area (Å²) < 4.78 is 1.89. The zero-order valence-electron chi connectivity index (χ0n) is 12.3. The van der Waals surface area contributed by atoms with Crippen LogP contribution in [-0.2, 0) is 13.0 Å². The molecule has 0 aliphatic carbocycles. The molecular weight excluding hydrogens is 266 g/mol. The van der Waals surface area contributed by atoms with Crippen molar-refractivity contribution in [2.24, 2.45) is 0 Å². The number of rotatable bonds is 5. The van der Waals surface area contributed by atoms with Crippen LogP contribution in [0.25, 0.3) is 0 Å². The van der Waals surface area contributed by atoms with E-state index in [1.54, 1.807) is 6.20 Å². The Balaban J connectivity index is 1.70. The van der Waals surface area contributed by atoms with Crippen molar-refractivity contribution in [2.75, 3.05) is 6.54 Å². The Morgan fingerprint density at radius 2 is 2.43 bits per heavy atom. The Morgan fingerprint density at radius 3 is 3.19 bits per heavy atom. The minimum atomic E-state index is 0.0308. The Morgan fingerprint density at radius 1 is 1.52 bits per heavy atom. The number of carbonyl (C=O) groups is 1. The fraction of sp³-hybridized carbons (Fsp3) is 0.533. The molecule has 1 atom stereocenters. The molecule has 1 amide bonds. The largest absolute Gasteiger partial charge is 0.332 e. The molecule has 1 aliphatic rings. The van der Waals surface area contributed by atoms with Crippen molar-refractivity contribution in [1.82, 2.24) is 24.9 Å². The summed E-state index contributed by atoms with van der Waals surface area (Å²) in [6.07, 6.45) is 7.75. The first-order chi connectivity index (χ1) is 10.3. The van der Waals surface area contributed by atoms with Gasteiger partial charge in [0, 0.05) is 24.6 Å². The van der Waals surface area contributed by atoms with E-state index in [1.165, 1.54) is 0 Å². The van der Waals surface area contributed by atoms with Gasteiger partial charge in [-0.1, -0.05) is 13.3 Å². The van der Waals surface area contributed by atoms with Crippen LogP contribution in [0.3, 0.4) is 0 Å². The van der Waals surface area contributed by atoms with E-state index in [4.69, 9.17) is 0 Å². The van der Waals surface area contributed by atoms with E-state index in [2.05, 4.69) is 22.2 Å². The monoisotopic (exact) mass is 287 g/mol. The quantitative estimate of drug-likeness (QED) is 0.912. The number of aromatic nitrogens is 4. The minimum Gasteiger partial charge on any atom is -0.332 e. The van der Waals surface area contributed by atoms with Crippen molar-refractivity contribution < 1.29 is 4.79 Å². The van der Waals surface area contributed by atoms with Crippen molar-refractivity contribution in [3.63, 3.8) is 0 Å². The number of amides is 1. The van der Waals surface area contributed by atoms with Gasteiger partial charge in [-0.25, -0.2) is 0 Å². The van der Waals surface area contributed by atoms with Gasteiger partial charge in [0.15, 0.2) is 0 Å². The van der Waals surface area contributed by atoms with Crippen molar-refractivity contribution in [2.45, 2.75) is 45.2 Å². The number of H-pyrrole nitrogens is 1. The standard InChI is InChI=1S/C15H21N5O/c1-2-5-12-10-14(18-17-12)15(21)20-9-3-6-13(20)11-19-8-4-7-16-19/h4,7-8,10,13H,2-3,5-6,9,11H2,1H3,(H,17,18)/t13-/m0/s1. The van der Waals surface area contributed by atoms with E-state index in [0.29, 0.717) is 5.69 Å². The molecular formula is C15H21N5O. The number of aryl methyl sites for hydroxylation is 1. The fourth-order valence-electron chi connectivity index (χ4n) is 2.93. The van der Waals surface area contributed by atoms with Crippen LogP contribution in [-0.4, -0.2) is 43.4 Å². The maximum absolute atomic E-state index is 12.6. The number of carbonyl (C=O) groups excluding carboxylic acids is 1. The third-order valence-corrected chi connectivity index (χ3v) is 3.96. The number of hydrogen-bond acceptors (Lipinski definition) is 3. The van der Waals surface area contributed by atoms with Gasteiger partial charge in [-0.15, -0.1) is 0 Å². The molecule has 2 aromatic rings. The molecule has 0 aromatic carbocycles. The first-order valence-corrected chi connectivity index (χ1v) is 7.60. The molecule has 0 radical (unpaired) electrons. The van der Waals surface area contributed by atoms with Gasteiger partial charge in [0.1, 0.15) is 5.69 Å². The molecule has 1 saturated heterocycles. The zero-order valence-corrected chi connectivity index (χ0v) is 12.3. The van der Waals surface area contributed by atoms with Crippen molar-refractivity contribution in [3.8, 4) is 0 Å². The molecule has 6 heteroatoms. The lowest BCUT2D eigenvalue weighted by molar-refractivity contribution is 0.0715. The predicted molar refractivity (Wildman–Crippen MR) is 78.9 cm³/mol. The van der Waals surface area contributed by atoms with Crippen LogP contribution < -0.4 is 0 Å². The maximum atomic E-state index is 12.6. The summed E-state index contributed by atoms with van der Waals surface area (Å²) in [5.41, 5.74) is 1.56. The summed E-state index contributed by atoms with van der Waals surface area (Å²) in [6, 6.07) is 4.00. The lowest BCUT2D eigenvalue weighted by Crippen LogP contribution is -2.38. The molecule has 0 bridgehead atoms. The molecule has 1 aliphatic heterocycles. The average molecular weight is 287 g/mol.